The van der Waals surface area contributed by atoms with Crippen molar-refractivity contribution < 1.29 is 17.9 Å². The van der Waals surface area contributed by atoms with E-state index in [1.807, 2.05) is 19.1 Å². The normalized spacial score (nSPS) is 11.1. The number of hydrogen-bond acceptors (Lipinski definition) is 4. The summed E-state index contributed by atoms with van der Waals surface area (Å²) in [6.07, 6.45) is 0.831. The number of benzene rings is 3. The van der Waals surface area contributed by atoms with E-state index in [9.17, 15) is 13.2 Å². The molecule has 6 nitrogen and oxygen atoms in total. The minimum atomic E-state index is -3.92. The fourth-order valence-corrected chi connectivity index (χ4v) is 4.66. The van der Waals surface area contributed by atoms with Gasteiger partial charge >= 0.3 is 0 Å². The molecular weight excluding hydrogens is 448 g/mol. The van der Waals surface area contributed by atoms with Crippen LogP contribution in [0.1, 0.15) is 12.5 Å². The van der Waals surface area contributed by atoms with Crippen LogP contribution in [-0.4, -0.2) is 34.0 Å². The molecule has 1 N–H and O–H groups in total. The molecule has 0 radical (unpaired) electrons. The summed E-state index contributed by atoms with van der Waals surface area (Å²) in [6.45, 7) is 2.07. The van der Waals surface area contributed by atoms with E-state index in [2.05, 4.69) is 5.32 Å². The number of rotatable bonds is 10. The Morgan fingerprint density at radius 1 is 0.969 bits per heavy atom. The van der Waals surface area contributed by atoms with E-state index in [0.717, 1.165) is 16.3 Å². The van der Waals surface area contributed by atoms with Crippen molar-refractivity contribution in [2.24, 2.45) is 0 Å². The van der Waals surface area contributed by atoms with Crippen molar-refractivity contribution in [2.75, 3.05) is 24.0 Å². The summed E-state index contributed by atoms with van der Waals surface area (Å²) in [5.74, 6) is 0.0829. The second-order valence-electron chi connectivity index (χ2n) is 6.97. The van der Waals surface area contributed by atoms with E-state index >= 15 is 0 Å². The Hall–Kier alpha value is -3.03. The van der Waals surface area contributed by atoms with Crippen molar-refractivity contribution >= 4 is 33.2 Å². The largest absolute Gasteiger partial charge is 0.490 e. The van der Waals surface area contributed by atoms with Gasteiger partial charge in [0.2, 0.25) is 5.91 Å². The number of aryl methyl sites for hydroxylation is 1. The summed E-state index contributed by atoms with van der Waals surface area (Å²) in [7, 11) is -3.92. The maximum Gasteiger partial charge on any atom is 0.264 e. The molecule has 0 saturated carbocycles. The number of carbonyl (C=O) groups is 1. The van der Waals surface area contributed by atoms with Gasteiger partial charge in [0.25, 0.3) is 10.0 Å². The summed E-state index contributed by atoms with van der Waals surface area (Å²) in [4.78, 5) is 12.7. The smallest absolute Gasteiger partial charge is 0.264 e. The van der Waals surface area contributed by atoms with Crippen molar-refractivity contribution in [1.82, 2.24) is 5.32 Å². The molecule has 3 aromatic carbocycles. The second kappa shape index (κ2) is 11.0. The number of amides is 1. The number of nitrogens with zero attached hydrogens (tertiary/aromatic N) is 1. The molecule has 0 spiro atoms. The average molecular weight is 473 g/mol. The van der Waals surface area contributed by atoms with Crippen molar-refractivity contribution in [3.63, 3.8) is 0 Å². The van der Waals surface area contributed by atoms with Crippen LogP contribution in [0, 0.1) is 0 Å². The van der Waals surface area contributed by atoms with E-state index in [1.165, 1.54) is 12.1 Å². The molecule has 0 aliphatic rings. The van der Waals surface area contributed by atoms with Gasteiger partial charge in [-0.05, 0) is 48.4 Å². The first-order chi connectivity index (χ1) is 15.4. The van der Waals surface area contributed by atoms with Gasteiger partial charge in [-0.15, -0.1) is 0 Å². The van der Waals surface area contributed by atoms with Gasteiger partial charge in [-0.25, -0.2) is 8.42 Å². The van der Waals surface area contributed by atoms with Gasteiger partial charge in [0, 0.05) is 0 Å². The number of sulfonamides is 1. The van der Waals surface area contributed by atoms with E-state index in [4.69, 9.17) is 16.3 Å². The van der Waals surface area contributed by atoms with Crippen LogP contribution in [0.3, 0.4) is 0 Å². The summed E-state index contributed by atoms with van der Waals surface area (Å²) in [6, 6.07) is 22.3. The van der Waals surface area contributed by atoms with Gasteiger partial charge in [0.1, 0.15) is 18.9 Å². The zero-order chi connectivity index (χ0) is 23.0. The molecule has 0 atom stereocenters. The van der Waals surface area contributed by atoms with Crippen LogP contribution < -0.4 is 14.4 Å². The first-order valence-corrected chi connectivity index (χ1v) is 12.0. The fourth-order valence-electron chi connectivity index (χ4n) is 3.03. The van der Waals surface area contributed by atoms with Crippen LogP contribution in [0.4, 0.5) is 5.69 Å². The lowest BCUT2D eigenvalue weighted by Gasteiger charge is -2.24. The molecule has 0 aromatic heterocycles. The highest BCUT2D eigenvalue weighted by Gasteiger charge is 2.27. The first-order valence-electron chi connectivity index (χ1n) is 10.2. The highest BCUT2D eigenvalue weighted by molar-refractivity contribution is 7.92. The molecule has 0 saturated heterocycles. The van der Waals surface area contributed by atoms with Crippen LogP contribution >= 0.6 is 11.6 Å². The second-order valence-corrected chi connectivity index (χ2v) is 9.24. The van der Waals surface area contributed by atoms with Gasteiger partial charge in [-0.2, -0.15) is 0 Å². The minimum Gasteiger partial charge on any atom is -0.490 e. The minimum absolute atomic E-state index is 0.120. The number of nitrogens with one attached hydrogen (secondary N) is 1. The Bertz CT molecular complexity index is 1140. The first kappa shape index (κ1) is 23.6. The van der Waals surface area contributed by atoms with E-state index in [-0.39, 0.29) is 24.6 Å². The van der Waals surface area contributed by atoms with Crippen LogP contribution in [0.25, 0.3) is 0 Å². The zero-order valence-corrected chi connectivity index (χ0v) is 19.3. The van der Waals surface area contributed by atoms with Gasteiger partial charge in [-0.3, -0.25) is 9.10 Å². The van der Waals surface area contributed by atoms with Crippen LogP contribution in [0.2, 0.25) is 5.02 Å². The molecule has 0 aliphatic heterocycles. The third kappa shape index (κ3) is 6.02. The molecule has 32 heavy (non-hydrogen) atoms. The lowest BCUT2D eigenvalue weighted by Crippen LogP contribution is -2.41. The molecule has 0 heterocycles. The third-order valence-electron chi connectivity index (χ3n) is 4.77. The SMILES string of the molecule is CCc1ccc(N(CC(=O)NCCOc2ccccc2Cl)S(=O)(=O)c2ccccc2)cc1. The van der Waals surface area contributed by atoms with Crippen molar-refractivity contribution in [3.8, 4) is 5.75 Å². The lowest BCUT2D eigenvalue weighted by atomic mass is 10.1. The number of ether oxygens (including phenoxy) is 1. The summed E-state index contributed by atoms with van der Waals surface area (Å²) >= 11 is 6.05. The average Bonchev–Trinajstić information content (AvgIpc) is 2.82. The Kier molecular flexibility index (Phi) is 8.14. The number of hydrogen-bond donors (Lipinski definition) is 1. The summed E-state index contributed by atoms with van der Waals surface area (Å²) < 4.78 is 33.2. The molecule has 0 bridgehead atoms. The number of carbonyl (C=O) groups excluding carboxylic acids is 1. The predicted molar refractivity (Wildman–Crippen MR) is 127 cm³/mol. The molecule has 3 aromatic rings. The molecule has 168 valence electrons. The van der Waals surface area contributed by atoms with Crippen LogP contribution in [0.15, 0.2) is 83.8 Å². The van der Waals surface area contributed by atoms with Crippen LogP contribution in [-0.2, 0) is 21.2 Å². The maximum atomic E-state index is 13.3. The number of halogens is 1. The molecule has 0 aliphatic carbocycles. The molecule has 3 rings (SSSR count). The van der Waals surface area contributed by atoms with Gasteiger partial charge in [0.15, 0.2) is 0 Å². The Morgan fingerprint density at radius 3 is 2.28 bits per heavy atom. The monoisotopic (exact) mass is 472 g/mol. The van der Waals surface area contributed by atoms with Gasteiger partial charge in [0.05, 0.1) is 22.2 Å². The Labute approximate surface area is 193 Å². The molecular formula is C24H25ClN2O4S. The number of anilines is 1. The maximum absolute atomic E-state index is 13.3. The third-order valence-corrected chi connectivity index (χ3v) is 6.87. The Morgan fingerprint density at radius 2 is 1.62 bits per heavy atom. The standard InChI is InChI=1S/C24H25ClN2O4S/c1-2-19-12-14-20(15-13-19)27(32(29,30)21-8-4-3-5-9-21)18-24(28)26-16-17-31-23-11-7-6-10-22(23)25/h3-15H,2,16-18H2,1H3,(H,26,28). The predicted octanol–water partition coefficient (Wildman–Crippen LogP) is 4.29. The summed E-state index contributed by atoms with van der Waals surface area (Å²) in [5, 5.41) is 3.19. The quantitative estimate of drug-likeness (QED) is 0.446. The molecule has 0 fully saturated rings. The Balaban J connectivity index is 1.70. The highest BCUT2D eigenvalue weighted by atomic mass is 35.5. The molecule has 0 unspecified atom stereocenters. The van der Waals surface area contributed by atoms with Gasteiger partial charge < -0.3 is 10.1 Å². The number of para-hydroxylation sites is 1. The van der Waals surface area contributed by atoms with Crippen molar-refractivity contribution in [2.45, 2.75) is 18.2 Å². The van der Waals surface area contributed by atoms with E-state index < -0.39 is 15.9 Å². The highest BCUT2D eigenvalue weighted by Crippen LogP contribution is 2.24. The fraction of sp³-hybridized carbons (Fsp3) is 0.208. The van der Waals surface area contributed by atoms with E-state index in [0.29, 0.717) is 16.5 Å². The molecule has 8 heteroatoms. The van der Waals surface area contributed by atoms with Gasteiger partial charge in [-0.1, -0.05) is 61.0 Å². The topological polar surface area (TPSA) is 75.7 Å². The lowest BCUT2D eigenvalue weighted by molar-refractivity contribution is -0.119. The van der Waals surface area contributed by atoms with Crippen LogP contribution in [0.5, 0.6) is 5.75 Å². The van der Waals surface area contributed by atoms with Crippen molar-refractivity contribution in [3.05, 3.63) is 89.4 Å². The molecule has 1 amide bonds. The van der Waals surface area contributed by atoms with Crippen molar-refractivity contribution in [1.29, 1.82) is 0 Å². The van der Waals surface area contributed by atoms with E-state index in [1.54, 1.807) is 54.6 Å². The summed E-state index contributed by atoms with van der Waals surface area (Å²) in [5.41, 5.74) is 1.50. The zero-order valence-electron chi connectivity index (χ0n) is 17.7.